The zero-order chi connectivity index (χ0) is 14.5. The van der Waals surface area contributed by atoms with Gasteiger partial charge in [0.1, 0.15) is 11.6 Å². The van der Waals surface area contributed by atoms with Crippen molar-refractivity contribution in [3.05, 3.63) is 69.2 Å². The van der Waals surface area contributed by atoms with Crippen molar-refractivity contribution in [2.24, 2.45) is 0 Å². The Morgan fingerprint density at radius 3 is 2.35 bits per heavy atom. The molecule has 0 saturated carbocycles. The van der Waals surface area contributed by atoms with Crippen LogP contribution in [0.3, 0.4) is 0 Å². The first-order chi connectivity index (χ1) is 9.54. The minimum atomic E-state index is -0.525. The Morgan fingerprint density at radius 2 is 1.70 bits per heavy atom. The van der Waals surface area contributed by atoms with Gasteiger partial charge in [-0.1, -0.05) is 28.1 Å². The summed E-state index contributed by atoms with van der Waals surface area (Å²) in [4.78, 5) is 0. The Bertz CT molecular complexity index is 579. The summed E-state index contributed by atoms with van der Waals surface area (Å²) in [5, 5.41) is 3.27. The molecule has 106 valence electrons. The molecule has 2 aromatic rings. The smallest absolute Gasteiger partial charge is 0.126 e. The van der Waals surface area contributed by atoms with Gasteiger partial charge in [0.05, 0.1) is 0 Å². The summed E-state index contributed by atoms with van der Waals surface area (Å²) in [5.74, 6) is -1.05. The Hall–Kier alpha value is -1.26. The van der Waals surface area contributed by atoms with Crippen molar-refractivity contribution in [1.29, 1.82) is 0 Å². The summed E-state index contributed by atoms with van der Waals surface area (Å²) in [6.07, 6.45) is 0.599. The van der Waals surface area contributed by atoms with Crippen molar-refractivity contribution >= 4 is 15.9 Å². The number of aryl methyl sites for hydroxylation is 1. The fourth-order valence-corrected chi connectivity index (χ4v) is 2.39. The number of benzene rings is 2. The van der Waals surface area contributed by atoms with Crippen LogP contribution in [0.15, 0.2) is 40.9 Å². The lowest BCUT2D eigenvalue weighted by atomic mass is 10.1. The third-order valence-electron chi connectivity index (χ3n) is 3.08. The van der Waals surface area contributed by atoms with Crippen molar-refractivity contribution in [2.45, 2.75) is 19.9 Å². The van der Waals surface area contributed by atoms with Crippen molar-refractivity contribution in [2.75, 3.05) is 6.54 Å². The maximum Gasteiger partial charge on any atom is 0.126 e. The van der Waals surface area contributed by atoms with E-state index in [1.165, 1.54) is 23.3 Å². The lowest BCUT2D eigenvalue weighted by Gasteiger charge is -2.07. The average Bonchev–Trinajstić information content (AvgIpc) is 2.38. The van der Waals surface area contributed by atoms with Gasteiger partial charge in [-0.3, -0.25) is 0 Å². The fourth-order valence-electron chi connectivity index (χ4n) is 1.97. The lowest BCUT2D eigenvalue weighted by molar-refractivity contribution is 0.577. The summed E-state index contributed by atoms with van der Waals surface area (Å²) in [6.45, 7) is 3.45. The monoisotopic (exact) mass is 339 g/mol. The molecule has 0 radical (unpaired) electrons. The topological polar surface area (TPSA) is 12.0 Å². The van der Waals surface area contributed by atoms with Crippen molar-refractivity contribution in [3.8, 4) is 0 Å². The molecule has 0 aliphatic heterocycles. The van der Waals surface area contributed by atoms with Crippen LogP contribution < -0.4 is 5.32 Å². The van der Waals surface area contributed by atoms with E-state index in [2.05, 4.69) is 39.4 Å². The molecule has 0 aliphatic carbocycles. The molecule has 1 N–H and O–H groups in total. The number of rotatable bonds is 5. The predicted octanol–water partition coefficient (Wildman–Crippen LogP) is 4.37. The van der Waals surface area contributed by atoms with Crippen LogP contribution in [0.25, 0.3) is 0 Å². The minimum absolute atomic E-state index is 0.525. The van der Waals surface area contributed by atoms with E-state index < -0.39 is 11.6 Å². The second kappa shape index (κ2) is 6.95. The number of nitrogens with one attached hydrogen (secondary N) is 1. The lowest BCUT2D eigenvalue weighted by Crippen LogP contribution is -2.16. The zero-order valence-corrected chi connectivity index (χ0v) is 12.8. The molecule has 0 heterocycles. The van der Waals surface area contributed by atoms with E-state index in [1.54, 1.807) is 0 Å². The minimum Gasteiger partial charge on any atom is -0.312 e. The van der Waals surface area contributed by atoms with Gasteiger partial charge >= 0.3 is 0 Å². The highest BCUT2D eigenvalue weighted by atomic mass is 79.9. The van der Waals surface area contributed by atoms with Crippen LogP contribution >= 0.6 is 15.9 Å². The molecule has 0 aliphatic rings. The van der Waals surface area contributed by atoms with E-state index in [0.29, 0.717) is 18.5 Å². The van der Waals surface area contributed by atoms with Gasteiger partial charge in [-0.05, 0) is 54.8 Å². The van der Waals surface area contributed by atoms with Crippen molar-refractivity contribution in [1.82, 2.24) is 5.32 Å². The molecule has 0 saturated heterocycles. The van der Waals surface area contributed by atoms with Crippen LogP contribution in [0.2, 0.25) is 0 Å². The van der Waals surface area contributed by atoms with Gasteiger partial charge < -0.3 is 5.32 Å². The maximum atomic E-state index is 13.0. The van der Waals surface area contributed by atoms with Gasteiger partial charge in [-0.2, -0.15) is 0 Å². The summed E-state index contributed by atoms with van der Waals surface area (Å²) >= 11 is 3.50. The molecular formula is C16H16BrF2N. The first kappa shape index (κ1) is 15.1. The molecule has 0 fully saturated rings. The van der Waals surface area contributed by atoms with E-state index >= 15 is 0 Å². The molecule has 2 aromatic carbocycles. The zero-order valence-electron chi connectivity index (χ0n) is 11.2. The number of hydrogen-bond acceptors (Lipinski definition) is 1. The molecule has 0 bridgehead atoms. The number of hydrogen-bond donors (Lipinski definition) is 1. The van der Waals surface area contributed by atoms with E-state index in [9.17, 15) is 8.78 Å². The third kappa shape index (κ3) is 4.39. The quantitative estimate of drug-likeness (QED) is 0.797. The second-order valence-electron chi connectivity index (χ2n) is 4.79. The van der Waals surface area contributed by atoms with Crippen LogP contribution in [0.1, 0.15) is 16.7 Å². The average molecular weight is 340 g/mol. The maximum absolute atomic E-state index is 13.0. The Morgan fingerprint density at radius 1 is 1.00 bits per heavy atom. The van der Waals surface area contributed by atoms with Gasteiger partial charge in [-0.15, -0.1) is 0 Å². The molecule has 1 nitrogen and oxygen atoms in total. The molecule has 0 aromatic heterocycles. The fraction of sp³-hybridized carbons (Fsp3) is 0.250. The van der Waals surface area contributed by atoms with Crippen LogP contribution in [-0.4, -0.2) is 6.54 Å². The SMILES string of the molecule is Cc1ccc(CNCCc2cc(F)cc(F)c2)cc1Br. The second-order valence-corrected chi connectivity index (χ2v) is 5.64. The van der Waals surface area contributed by atoms with Crippen molar-refractivity contribution < 1.29 is 8.78 Å². The Balaban J connectivity index is 1.82. The number of halogens is 3. The van der Waals surface area contributed by atoms with Gasteiger partial charge in [0.25, 0.3) is 0 Å². The van der Waals surface area contributed by atoms with E-state index in [-0.39, 0.29) is 0 Å². The standard InChI is InChI=1S/C16H16BrF2N/c1-11-2-3-13(8-16(11)17)10-20-5-4-12-6-14(18)9-15(19)7-12/h2-3,6-9,20H,4-5,10H2,1H3. The molecular weight excluding hydrogens is 324 g/mol. The van der Waals surface area contributed by atoms with Crippen LogP contribution in [-0.2, 0) is 13.0 Å². The summed E-state index contributed by atoms with van der Waals surface area (Å²) < 4.78 is 27.1. The largest absolute Gasteiger partial charge is 0.312 e. The van der Waals surface area contributed by atoms with E-state index in [4.69, 9.17) is 0 Å². The predicted molar refractivity (Wildman–Crippen MR) is 80.6 cm³/mol. The first-order valence-electron chi connectivity index (χ1n) is 6.45. The summed E-state index contributed by atoms with van der Waals surface area (Å²) in [7, 11) is 0. The highest BCUT2D eigenvalue weighted by molar-refractivity contribution is 9.10. The Labute approximate surface area is 126 Å². The van der Waals surface area contributed by atoms with Crippen LogP contribution in [0, 0.1) is 18.6 Å². The highest BCUT2D eigenvalue weighted by Gasteiger charge is 2.01. The summed E-state index contributed by atoms with van der Waals surface area (Å²) in [6, 6.07) is 9.82. The van der Waals surface area contributed by atoms with Crippen LogP contribution in [0.5, 0.6) is 0 Å². The van der Waals surface area contributed by atoms with Crippen LogP contribution in [0.4, 0.5) is 8.78 Å². The van der Waals surface area contributed by atoms with Gasteiger partial charge in [0, 0.05) is 17.1 Å². The van der Waals surface area contributed by atoms with Crippen molar-refractivity contribution in [3.63, 3.8) is 0 Å². The molecule has 0 spiro atoms. The van der Waals surface area contributed by atoms with Gasteiger partial charge in [-0.25, -0.2) is 8.78 Å². The first-order valence-corrected chi connectivity index (χ1v) is 7.24. The molecule has 0 unspecified atom stereocenters. The van der Waals surface area contributed by atoms with E-state index in [0.717, 1.165) is 17.1 Å². The summed E-state index contributed by atoms with van der Waals surface area (Å²) in [5.41, 5.74) is 3.04. The third-order valence-corrected chi connectivity index (χ3v) is 3.93. The molecule has 4 heteroatoms. The van der Waals surface area contributed by atoms with Gasteiger partial charge in [0.15, 0.2) is 0 Å². The molecule has 2 rings (SSSR count). The van der Waals surface area contributed by atoms with E-state index in [1.807, 2.05) is 6.92 Å². The molecule has 0 amide bonds. The molecule has 20 heavy (non-hydrogen) atoms. The molecule has 0 atom stereocenters. The Kier molecular flexibility index (Phi) is 5.26. The van der Waals surface area contributed by atoms with Gasteiger partial charge in [0.2, 0.25) is 0 Å². The normalized spacial score (nSPS) is 10.8. The highest BCUT2D eigenvalue weighted by Crippen LogP contribution is 2.17.